The highest BCUT2D eigenvalue weighted by atomic mass is 16.4. The average molecular weight is 368 g/mol. The molecule has 0 radical (unpaired) electrons. The van der Waals surface area contributed by atoms with Crippen molar-refractivity contribution in [3.63, 3.8) is 0 Å². The lowest BCUT2D eigenvalue weighted by Crippen LogP contribution is -2.41. The van der Waals surface area contributed by atoms with Gasteiger partial charge in [0.1, 0.15) is 17.5 Å². The van der Waals surface area contributed by atoms with Gasteiger partial charge in [0.2, 0.25) is 11.8 Å². The van der Waals surface area contributed by atoms with E-state index in [2.05, 4.69) is 4.98 Å². The number of nitrogens with zero attached hydrogens (tertiary/aromatic N) is 4. The van der Waals surface area contributed by atoms with Gasteiger partial charge in [-0.05, 0) is 12.1 Å². The number of benzene rings is 1. The topological polar surface area (TPSA) is 87.0 Å². The molecule has 1 aromatic carbocycles. The number of likely N-dealkylation sites (N-methyl/N-ethyl adjacent to an activating group) is 2. The van der Waals surface area contributed by atoms with Gasteiger partial charge in [0.05, 0.1) is 13.0 Å². The summed E-state index contributed by atoms with van der Waals surface area (Å²) in [5.41, 5.74) is 1.64. The van der Waals surface area contributed by atoms with Gasteiger partial charge < -0.3 is 14.2 Å². The van der Waals surface area contributed by atoms with Gasteiger partial charge in [-0.25, -0.2) is 9.78 Å². The highest BCUT2D eigenvalue weighted by Crippen LogP contribution is 2.27. The molecular weight excluding hydrogens is 348 g/mol. The van der Waals surface area contributed by atoms with Crippen LogP contribution < -0.4 is 0 Å². The van der Waals surface area contributed by atoms with Gasteiger partial charge in [-0.15, -0.1) is 0 Å². The third kappa shape index (κ3) is 2.97. The van der Waals surface area contributed by atoms with E-state index in [1.807, 2.05) is 30.3 Å². The zero-order valence-electron chi connectivity index (χ0n) is 15.2. The lowest BCUT2D eigenvalue weighted by atomic mass is 10.1. The fourth-order valence-corrected chi connectivity index (χ4v) is 3.49. The van der Waals surface area contributed by atoms with Crippen LogP contribution in [-0.4, -0.2) is 64.2 Å². The van der Waals surface area contributed by atoms with E-state index in [-0.39, 0.29) is 24.3 Å². The summed E-state index contributed by atoms with van der Waals surface area (Å²) in [5.74, 6) is 0.828. The zero-order valence-corrected chi connectivity index (χ0v) is 15.2. The van der Waals surface area contributed by atoms with Crippen LogP contribution in [0, 0.1) is 0 Å². The van der Waals surface area contributed by atoms with Crippen LogP contribution in [0.2, 0.25) is 0 Å². The van der Waals surface area contributed by atoms with Crippen LogP contribution in [-0.2, 0) is 22.6 Å². The Morgan fingerprint density at radius 3 is 2.63 bits per heavy atom. The molecule has 0 N–H and O–H groups in total. The molecule has 2 aliphatic rings. The van der Waals surface area contributed by atoms with Crippen molar-refractivity contribution < 1.29 is 18.8 Å². The highest BCUT2D eigenvalue weighted by molar-refractivity contribution is 6.05. The minimum atomic E-state index is -0.742. The lowest BCUT2D eigenvalue weighted by Gasteiger charge is -2.27. The Kier molecular flexibility index (Phi) is 4.18. The molecular formula is C19H20N4O4. The third-order valence-electron chi connectivity index (χ3n) is 5.14. The van der Waals surface area contributed by atoms with E-state index in [1.165, 1.54) is 11.9 Å². The number of imide groups is 1. The first-order valence-corrected chi connectivity index (χ1v) is 8.82. The molecule has 0 bridgehead atoms. The maximum absolute atomic E-state index is 12.7. The molecule has 0 spiro atoms. The Balaban J connectivity index is 1.47. The summed E-state index contributed by atoms with van der Waals surface area (Å²) in [7, 11) is 2.97. The number of fused-ring (bicyclic) bond motifs is 1. The molecule has 3 heterocycles. The third-order valence-corrected chi connectivity index (χ3v) is 5.14. The molecule has 27 heavy (non-hydrogen) atoms. The molecule has 1 aromatic heterocycles. The van der Waals surface area contributed by atoms with Crippen molar-refractivity contribution in [3.05, 3.63) is 41.8 Å². The van der Waals surface area contributed by atoms with Crippen molar-refractivity contribution >= 4 is 17.8 Å². The Labute approximate surface area is 156 Å². The molecule has 8 nitrogen and oxygen atoms in total. The predicted octanol–water partition coefficient (Wildman–Crippen LogP) is 1.51. The maximum atomic E-state index is 12.7. The van der Waals surface area contributed by atoms with E-state index in [1.54, 1.807) is 11.9 Å². The van der Waals surface area contributed by atoms with Crippen molar-refractivity contribution in [1.29, 1.82) is 0 Å². The molecule has 0 saturated carbocycles. The standard InChI is InChI=1S/C19H20N4O4/c1-21-14(18(25)22(2)19(21)26)10-16(24)23-9-8-15-13(11-23)20-17(27-15)12-6-4-3-5-7-12/h3-7,14H,8-11H2,1-2H3. The molecule has 4 amide bonds. The van der Waals surface area contributed by atoms with Crippen molar-refractivity contribution in [2.75, 3.05) is 20.6 Å². The first-order valence-electron chi connectivity index (χ1n) is 8.82. The number of urea groups is 1. The lowest BCUT2D eigenvalue weighted by molar-refractivity contribution is -0.137. The van der Waals surface area contributed by atoms with Gasteiger partial charge in [-0.3, -0.25) is 14.5 Å². The minimum absolute atomic E-state index is 0.0237. The van der Waals surface area contributed by atoms with Gasteiger partial charge in [-0.2, -0.15) is 0 Å². The summed E-state index contributed by atoms with van der Waals surface area (Å²) in [6, 6.07) is 8.49. The number of oxazole rings is 1. The summed E-state index contributed by atoms with van der Waals surface area (Å²) >= 11 is 0. The molecule has 1 atom stereocenters. The summed E-state index contributed by atoms with van der Waals surface area (Å²) in [5, 5.41) is 0. The van der Waals surface area contributed by atoms with Gasteiger partial charge in [0.15, 0.2) is 0 Å². The largest absolute Gasteiger partial charge is 0.441 e. The van der Waals surface area contributed by atoms with E-state index >= 15 is 0 Å². The molecule has 2 aromatic rings. The Morgan fingerprint density at radius 1 is 1.22 bits per heavy atom. The van der Waals surface area contributed by atoms with Crippen LogP contribution in [0.25, 0.3) is 11.5 Å². The van der Waals surface area contributed by atoms with Gasteiger partial charge in [0, 0.05) is 32.6 Å². The summed E-state index contributed by atoms with van der Waals surface area (Å²) in [6.07, 6.45) is 0.554. The summed E-state index contributed by atoms with van der Waals surface area (Å²) < 4.78 is 5.85. The van der Waals surface area contributed by atoms with Crippen LogP contribution in [0.15, 0.2) is 34.7 Å². The first-order chi connectivity index (χ1) is 13.0. The van der Waals surface area contributed by atoms with Crippen LogP contribution in [0.3, 0.4) is 0 Å². The van der Waals surface area contributed by atoms with E-state index < -0.39 is 6.04 Å². The number of hydrogen-bond donors (Lipinski definition) is 0. The van der Waals surface area contributed by atoms with Gasteiger partial charge in [0.25, 0.3) is 5.91 Å². The SMILES string of the molecule is CN1C(=O)C(CC(=O)N2CCc3oc(-c4ccccc4)nc3C2)N(C)C1=O. The van der Waals surface area contributed by atoms with E-state index in [0.29, 0.717) is 25.4 Å². The molecule has 4 rings (SSSR count). The number of carbonyl (C=O) groups excluding carboxylic acids is 3. The van der Waals surface area contributed by atoms with E-state index in [4.69, 9.17) is 4.42 Å². The Bertz CT molecular complexity index is 908. The van der Waals surface area contributed by atoms with Crippen LogP contribution in [0.1, 0.15) is 17.9 Å². The van der Waals surface area contributed by atoms with E-state index in [9.17, 15) is 14.4 Å². The second-order valence-electron chi connectivity index (χ2n) is 6.83. The maximum Gasteiger partial charge on any atom is 0.326 e. The molecule has 1 saturated heterocycles. The Morgan fingerprint density at radius 2 is 1.96 bits per heavy atom. The zero-order chi connectivity index (χ0) is 19.1. The second-order valence-corrected chi connectivity index (χ2v) is 6.83. The number of carbonyl (C=O) groups is 3. The monoisotopic (exact) mass is 368 g/mol. The molecule has 8 heteroatoms. The smallest absolute Gasteiger partial charge is 0.326 e. The van der Waals surface area contributed by atoms with Gasteiger partial charge >= 0.3 is 6.03 Å². The molecule has 1 fully saturated rings. The number of rotatable bonds is 3. The fourth-order valence-electron chi connectivity index (χ4n) is 3.49. The Hall–Kier alpha value is -3.16. The molecule has 1 unspecified atom stereocenters. The molecule has 140 valence electrons. The average Bonchev–Trinajstić information content (AvgIpc) is 3.20. The quantitative estimate of drug-likeness (QED) is 0.767. The van der Waals surface area contributed by atoms with Gasteiger partial charge in [-0.1, -0.05) is 18.2 Å². The number of hydrogen-bond acceptors (Lipinski definition) is 5. The molecule has 0 aliphatic carbocycles. The van der Waals surface area contributed by atoms with Crippen molar-refractivity contribution in [2.24, 2.45) is 0 Å². The second kappa shape index (κ2) is 6.53. The highest BCUT2D eigenvalue weighted by Gasteiger charge is 2.42. The van der Waals surface area contributed by atoms with Crippen molar-refractivity contribution in [1.82, 2.24) is 19.7 Å². The first kappa shape index (κ1) is 17.3. The summed E-state index contributed by atoms with van der Waals surface area (Å²) in [6.45, 7) is 0.850. The normalized spacial score (nSPS) is 19.6. The number of amides is 4. The fraction of sp³-hybridized carbons (Fsp3) is 0.368. The van der Waals surface area contributed by atoms with Crippen LogP contribution >= 0.6 is 0 Å². The van der Waals surface area contributed by atoms with E-state index in [0.717, 1.165) is 21.9 Å². The van der Waals surface area contributed by atoms with Crippen molar-refractivity contribution in [2.45, 2.75) is 25.4 Å². The van der Waals surface area contributed by atoms with Crippen LogP contribution in [0.5, 0.6) is 0 Å². The summed E-state index contributed by atoms with van der Waals surface area (Å²) in [4.78, 5) is 45.3. The van der Waals surface area contributed by atoms with Crippen molar-refractivity contribution in [3.8, 4) is 11.5 Å². The van der Waals surface area contributed by atoms with Crippen LogP contribution in [0.4, 0.5) is 4.79 Å². The minimum Gasteiger partial charge on any atom is -0.441 e. The molecule has 2 aliphatic heterocycles. The predicted molar refractivity (Wildman–Crippen MR) is 95.4 cm³/mol. The number of aromatic nitrogens is 1.